The first kappa shape index (κ1) is 11.8. The van der Waals surface area contributed by atoms with Crippen LogP contribution < -0.4 is 5.32 Å². The van der Waals surface area contributed by atoms with Gasteiger partial charge in [-0.25, -0.2) is 4.98 Å². The Balaban J connectivity index is 1.61. The summed E-state index contributed by atoms with van der Waals surface area (Å²) in [5.41, 5.74) is 2.74. The predicted octanol–water partition coefficient (Wildman–Crippen LogP) is 2.89. The monoisotopic (exact) mass is 262 g/mol. The number of fused-ring (bicyclic) bond motifs is 1. The van der Waals surface area contributed by atoms with Crippen LogP contribution in [-0.4, -0.2) is 11.0 Å². The molecule has 4 heteroatoms. The first-order valence-electron chi connectivity index (χ1n) is 6.13. The molecule has 3 nitrogen and oxygen atoms in total. The molecular weight excluding hydrogens is 248 g/mol. The molecule has 2 aromatic rings. The summed E-state index contributed by atoms with van der Waals surface area (Å²) in [4.78, 5) is 4.19. The molecule has 0 saturated carbocycles. The normalized spacial score (nSPS) is 18.0. The number of hydrogen-bond donors (Lipinski definition) is 1. The van der Waals surface area contributed by atoms with E-state index in [-0.39, 0.29) is 0 Å². The van der Waals surface area contributed by atoms with Crippen molar-refractivity contribution in [3.05, 3.63) is 52.2 Å². The maximum Gasteiger partial charge on any atom is 0.208 e. The Bertz CT molecular complexity index is 565. The molecule has 0 saturated heterocycles. The van der Waals surface area contributed by atoms with Crippen LogP contribution >= 0.6 is 11.6 Å². The lowest BCUT2D eigenvalue weighted by atomic mass is 10.1. The zero-order chi connectivity index (χ0) is 12.5. The van der Waals surface area contributed by atoms with E-state index >= 15 is 0 Å². The molecule has 1 aromatic heterocycles. The Kier molecular flexibility index (Phi) is 3.10. The maximum absolute atomic E-state index is 6.00. The molecule has 1 aliphatic rings. The van der Waals surface area contributed by atoms with Gasteiger partial charge in [-0.3, -0.25) is 0 Å². The van der Waals surface area contributed by atoms with E-state index in [1.807, 2.05) is 13.0 Å². The number of benzene rings is 1. The molecule has 1 atom stereocenters. The van der Waals surface area contributed by atoms with Gasteiger partial charge >= 0.3 is 0 Å². The molecule has 0 spiro atoms. The molecule has 1 aliphatic carbocycles. The Morgan fingerprint density at radius 1 is 1.39 bits per heavy atom. The van der Waals surface area contributed by atoms with Crippen LogP contribution in [0.1, 0.15) is 22.8 Å². The minimum Gasteiger partial charge on any atom is -0.445 e. The molecule has 0 amide bonds. The fourth-order valence-corrected chi connectivity index (χ4v) is 2.64. The van der Waals surface area contributed by atoms with E-state index in [1.54, 1.807) is 6.20 Å². The molecule has 3 rings (SSSR count). The molecule has 0 fully saturated rings. The van der Waals surface area contributed by atoms with Gasteiger partial charge in [0, 0.05) is 11.1 Å². The van der Waals surface area contributed by atoms with Crippen molar-refractivity contribution in [3.8, 4) is 0 Å². The highest BCUT2D eigenvalue weighted by molar-refractivity contribution is 6.30. The molecule has 1 heterocycles. The number of hydrogen-bond acceptors (Lipinski definition) is 3. The summed E-state index contributed by atoms with van der Waals surface area (Å²) in [6, 6.07) is 6.59. The van der Waals surface area contributed by atoms with E-state index in [2.05, 4.69) is 22.4 Å². The molecule has 94 valence electrons. The summed E-state index contributed by atoms with van der Waals surface area (Å²) in [5, 5.41) is 4.30. The zero-order valence-electron chi connectivity index (χ0n) is 10.2. The lowest BCUT2D eigenvalue weighted by molar-refractivity contribution is 0.424. The minimum atomic E-state index is 0.450. The highest BCUT2D eigenvalue weighted by atomic mass is 35.5. The smallest absolute Gasteiger partial charge is 0.208 e. The van der Waals surface area contributed by atoms with Gasteiger partial charge in [0.1, 0.15) is 5.76 Å². The summed E-state index contributed by atoms with van der Waals surface area (Å²) in [6.07, 6.45) is 3.82. The topological polar surface area (TPSA) is 38.1 Å². The van der Waals surface area contributed by atoms with Crippen molar-refractivity contribution in [1.29, 1.82) is 0 Å². The van der Waals surface area contributed by atoms with Crippen molar-refractivity contribution < 1.29 is 4.42 Å². The molecule has 0 aliphatic heterocycles. The Hall–Kier alpha value is -1.32. The number of nitrogens with one attached hydrogen (secondary N) is 1. The molecule has 18 heavy (non-hydrogen) atoms. The third kappa shape index (κ3) is 2.42. The predicted molar refractivity (Wildman–Crippen MR) is 70.7 cm³/mol. The number of rotatable bonds is 3. The number of nitrogens with zero attached hydrogens (tertiary/aromatic N) is 1. The van der Waals surface area contributed by atoms with Crippen molar-refractivity contribution >= 4 is 11.6 Å². The zero-order valence-corrected chi connectivity index (χ0v) is 11.0. The number of oxazole rings is 1. The van der Waals surface area contributed by atoms with Gasteiger partial charge in [0.05, 0.1) is 12.7 Å². The Morgan fingerprint density at radius 2 is 2.22 bits per heavy atom. The van der Waals surface area contributed by atoms with E-state index in [1.165, 1.54) is 11.1 Å². The van der Waals surface area contributed by atoms with Gasteiger partial charge in [-0.15, -0.1) is 0 Å². The maximum atomic E-state index is 6.00. The van der Waals surface area contributed by atoms with Crippen molar-refractivity contribution in [1.82, 2.24) is 10.3 Å². The summed E-state index contributed by atoms with van der Waals surface area (Å²) >= 11 is 6.00. The first-order valence-corrected chi connectivity index (χ1v) is 6.50. The van der Waals surface area contributed by atoms with Crippen molar-refractivity contribution in [2.75, 3.05) is 0 Å². The van der Waals surface area contributed by atoms with Crippen LogP contribution in [0.15, 0.2) is 28.8 Å². The number of aromatic nitrogens is 1. The van der Waals surface area contributed by atoms with Gasteiger partial charge < -0.3 is 9.73 Å². The van der Waals surface area contributed by atoms with E-state index in [0.29, 0.717) is 12.6 Å². The second kappa shape index (κ2) is 4.75. The van der Waals surface area contributed by atoms with E-state index in [4.69, 9.17) is 16.0 Å². The first-order chi connectivity index (χ1) is 8.70. The summed E-state index contributed by atoms with van der Waals surface area (Å²) < 4.78 is 5.44. The van der Waals surface area contributed by atoms with Gasteiger partial charge in [0.2, 0.25) is 5.89 Å². The molecule has 1 N–H and O–H groups in total. The molecule has 1 aromatic carbocycles. The SMILES string of the molecule is Cc1cnc(CNC2Cc3ccc(Cl)cc3C2)o1. The fraction of sp³-hybridized carbons (Fsp3) is 0.357. The third-order valence-corrected chi connectivity index (χ3v) is 3.55. The second-order valence-electron chi connectivity index (χ2n) is 4.76. The lowest BCUT2D eigenvalue weighted by Gasteiger charge is -2.09. The van der Waals surface area contributed by atoms with Crippen molar-refractivity contribution in [2.24, 2.45) is 0 Å². The van der Waals surface area contributed by atoms with Crippen molar-refractivity contribution in [2.45, 2.75) is 32.4 Å². The summed E-state index contributed by atoms with van der Waals surface area (Å²) in [7, 11) is 0. The van der Waals surface area contributed by atoms with Crippen LogP contribution in [0.4, 0.5) is 0 Å². The van der Waals surface area contributed by atoms with Gasteiger partial charge in [-0.2, -0.15) is 0 Å². The van der Waals surface area contributed by atoms with Gasteiger partial charge in [-0.05, 0) is 43.0 Å². The van der Waals surface area contributed by atoms with E-state index in [9.17, 15) is 0 Å². The van der Waals surface area contributed by atoms with E-state index < -0.39 is 0 Å². The van der Waals surface area contributed by atoms with Gasteiger partial charge in [0.15, 0.2) is 0 Å². The summed E-state index contributed by atoms with van der Waals surface area (Å²) in [5.74, 6) is 1.61. The van der Waals surface area contributed by atoms with Gasteiger partial charge in [0.25, 0.3) is 0 Å². The number of aryl methyl sites for hydroxylation is 1. The molecule has 1 unspecified atom stereocenters. The van der Waals surface area contributed by atoms with Crippen molar-refractivity contribution in [3.63, 3.8) is 0 Å². The molecule has 0 radical (unpaired) electrons. The van der Waals surface area contributed by atoms with Crippen LogP contribution in [-0.2, 0) is 19.4 Å². The third-order valence-electron chi connectivity index (χ3n) is 3.31. The average Bonchev–Trinajstić information content (AvgIpc) is 2.92. The van der Waals surface area contributed by atoms with Crippen LogP contribution in [0.5, 0.6) is 0 Å². The fourth-order valence-electron chi connectivity index (χ4n) is 2.45. The van der Waals surface area contributed by atoms with Crippen LogP contribution in [0.2, 0.25) is 5.02 Å². The largest absolute Gasteiger partial charge is 0.445 e. The quantitative estimate of drug-likeness (QED) is 0.924. The highest BCUT2D eigenvalue weighted by Gasteiger charge is 2.21. The van der Waals surface area contributed by atoms with Crippen LogP contribution in [0.3, 0.4) is 0 Å². The van der Waals surface area contributed by atoms with Gasteiger partial charge in [-0.1, -0.05) is 17.7 Å². The summed E-state index contributed by atoms with van der Waals surface area (Å²) in [6.45, 7) is 2.59. The molecular formula is C14H15ClN2O. The van der Waals surface area contributed by atoms with E-state index in [0.717, 1.165) is 29.5 Å². The highest BCUT2D eigenvalue weighted by Crippen LogP contribution is 2.25. The second-order valence-corrected chi connectivity index (χ2v) is 5.20. The lowest BCUT2D eigenvalue weighted by Crippen LogP contribution is -2.29. The Labute approximate surface area is 111 Å². The minimum absolute atomic E-state index is 0.450. The average molecular weight is 263 g/mol. The standard InChI is InChI=1S/C14H15ClN2O/c1-9-7-17-14(18-9)8-16-13-5-10-2-3-12(15)4-11(10)6-13/h2-4,7,13,16H,5-6,8H2,1H3. The van der Waals surface area contributed by atoms with Crippen LogP contribution in [0.25, 0.3) is 0 Å². The Morgan fingerprint density at radius 3 is 3.00 bits per heavy atom. The number of halogens is 1. The van der Waals surface area contributed by atoms with Crippen LogP contribution in [0, 0.1) is 6.92 Å². The molecule has 0 bridgehead atoms.